The summed E-state index contributed by atoms with van der Waals surface area (Å²) in [7, 11) is 0. The van der Waals surface area contributed by atoms with Gasteiger partial charge >= 0.3 is 0 Å². The Morgan fingerprint density at radius 3 is 2.29 bits per heavy atom. The van der Waals surface area contributed by atoms with Crippen LogP contribution in [0.3, 0.4) is 0 Å². The van der Waals surface area contributed by atoms with Gasteiger partial charge in [0.25, 0.3) is 0 Å². The van der Waals surface area contributed by atoms with E-state index in [1.54, 1.807) is 12.1 Å². The molecule has 0 saturated heterocycles. The van der Waals surface area contributed by atoms with E-state index < -0.39 is 0 Å². The van der Waals surface area contributed by atoms with E-state index in [1.165, 1.54) is 0 Å². The number of ketones is 1. The fourth-order valence-electron chi connectivity index (χ4n) is 2.14. The molecular weight excluding hydrogens is 260 g/mol. The molecule has 0 spiro atoms. The maximum Gasteiger partial charge on any atom is 0.193 e. The maximum absolute atomic E-state index is 12.3. The molecule has 0 N–H and O–H groups in total. The zero-order valence-electron chi connectivity index (χ0n) is 11.5. The van der Waals surface area contributed by atoms with Crippen LogP contribution in [0.4, 0.5) is 0 Å². The molecule has 2 aromatic rings. The first-order valence-electron chi connectivity index (χ1n) is 6.90. The molecule has 21 heavy (non-hydrogen) atoms. The first-order chi connectivity index (χ1) is 10.3. The predicted molar refractivity (Wildman–Crippen MR) is 83.1 cm³/mol. The second kappa shape index (κ2) is 6.23. The Kier molecular flexibility index (Phi) is 3.97. The summed E-state index contributed by atoms with van der Waals surface area (Å²) >= 11 is 0. The number of benzene rings is 2. The van der Waals surface area contributed by atoms with Crippen LogP contribution in [0.15, 0.2) is 78.6 Å². The zero-order chi connectivity index (χ0) is 14.5. The molecule has 0 amide bonds. The molecule has 103 valence electrons. The Morgan fingerprint density at radius 1 is 0.905 bits per heavy atom. The van der Waals surface area contributed by atoms with Gasteiger partial charge in [0.15, 0.2) is 5.78 Å². The molecule has 0 unspecified atom stereocenters. The van der Waals surface area contributed by atoms with Gasteiger partial charge in [-0.05, 0) is 36.8 Å². The summed E-state index contributed by atoms with van der Waals surface area (Å²) in [4.78, 5) is 12.3. The molecule has 2 nitrogen and oxygen atoms in total. The number of carbonyl (C=O) groups excluding carboxylic acids is 1. The van der Waals surface area contributed by atoms with Crippen molar-refractivity contribution in [3.05, 3.63) is 96.1 Å². The van der Waals surface area contributed by atoms with E-state index >= 15 is 0 Å². The molecule has 0 heterocycles. The average molecular weight is 275 g/mol. The van der Waals surface area contributed by atoms with Crippen LogP contribution in [0.5, 0.6) is 5.75 Å². The van der Waals surface area contributed by atoms with Gasteiger partial charge in [-0.2, -0.15) is 0 Å². The third-order valence-electron chi connectivity index (χ3n) is 3.24. The Morgan fingerprint density at radius 2 is 1.62 bits per heavy atom. The van der Waals surface area contributed by atoms with Gasteiger partial charge in [0.2, 0.25) is 0 Å². The molecular formula is C19H15O2. The molecule has 3 rings (SSSR count). The van der Waals surface area contributed by atoms with E-state index in [-0.39, 0.29) is 5.78 Å². The van der Waals surface area contributed by atoms with Gasteiger partial charge in [-0.25, -0.2) is 0 Å². The highest BCUT2D eigenvalue weighted by Gasteiger charge is 2.09. The van der Waals surface area contributed by atoms with E-state index in [4.69, 9.17) is 4.74 Å². The fourth-order valence-corrected chi connectivity index (χ4v) is 2.14. The lowest BCUT2D eigenvalue weighted by Crippen LogP contribution is -2.01. The Hall–Kier alpha value is -2.61. The van der Waals surface area contributed by atoms with E-state index in [9.17, 15) is 4.79 Å². The summed E-state index contributed by atoms with van der Waals surface area (Å²) in [6.07, 6.45) is 8.86. The lowest BCUT2D eigenvalue weighted by Gasteiger charge is -2.10. The lowest BCUT2D eigenvalue weighted by atomic mass is 10.0. The van der Waals surface area contributed by atoms with Crippen LogP contribution in [0, 0.1) is 6.42 Å². The van der Waals surface area contributed by atoms with Crippen molar-refractivity contribution in [1.82, 2.24) is 0 Å². The second-order valence-electron chi connectivity index (χ2n) is 4.76. The summed E-state index contributed by atoms with van der Waals surface area (Å²) in [5.41, 5.74) is 1.36. The molecule has 0 fully saturated rings. The summed E-state index contributed by atoms with van der Waals surface area (Å²) in [5.74, 6) is 1.59. The minimum atomic E-state index is 0.0218. The van der Waals surface area contributed by atoms with Gasteiger partial charge in [0, 0.05) is 17.5 Å². The summed E-state index contributed by atoms with van der Waals surface area (Å²) in [5, 5.41) is 0. The Bertz CT molecular complexity index is 679. The topological polar surface area (TPSA) is 26.3 Å². The van der Waals surface area contributed by atoms with Crippen molar-refractivity contribution in [3.8, 4) is 5.75 Å². The first-order valence-corrected chi connectivity index (χ1v) is 6.90. The monoisotopic (exact) mass is 275 g/mol. The van der Waals surface area contributed by atoms with Crippen molar-refractivity contribution in [2.75, 3.05) is 0 Å². The van der Waals surface area contributed by atoms with Crippen LogP contribution in [0.25, 0.3) is 0 Å². The van der Waals surface area contributed by atoms with Gasteiger partial charge in [-0.15, -0.1) is 0 Å². The standard InChI is InChI=1S/C19H15O2/c20-19(15-7-3-1-4-8-15)16-11-13-18(14-12-16)21-17-9-5-2-6-10-17/h1-5,7-14H,6H2. The summed E-state index contributed by atoms with van der Waals surface area (Å²) in [6, 6.07) is 16.5. The van der Waals surface area contributed by atoms with Crippen LogP contribution in [-0.2, 0) is 0 Å². The van der Waals surface area contributed by atoms with E-state index in [1.807, 2.05) is 61.0 Å². The molecule has 1 radical (unpaired) electrons. The number of carbonyl (C=O) groups is 1. The van der Waals surface area contributed by atoms with E-state index in [0.717, 1.165) is 17.9 Å². The van der Waals surface area contributed by atoms with Crippen molar-refractivity contribution < 1.29 is 9.53 Å². The lowest BCUT2D eigenvalue weighted by molar-refractivity contribution is 0.103. The van der Waals surface area contributed by atoms with Gasteiger partial charge in [-0.1, -0.05) is 42.5 Å². The van der Waals surface area contributed by atoms with Crippen LogP contribution in [-0.4, -0.2) is 5.78 Å². The molecule has 2 heteroatoms. The molecule has 0 saturated carbocycles. The minimum Gasteiger partial charge on any atom is -0.461 e. The molecule has 1 aliphatic rings. The largest absolute Gasteiger partial charge is 0.461 e. The van der Waals surface area contributed by atoms with Crippen molar-refractivity contribution in [2.45, 2.75) is 6.42 Å². The van der Waals surface area contributed by atoms with E-state index in [0.29, 0.717) is 11.1 Å². The van der Waals surface area contributed by atoms with E-state index in [2.05, 4.69) is 6.08 Å². The second-order valence-corrected chi connectivity index (χ2v) is 4.76. The van der Waals surface area contributed by atoms with Crippen LogP contribution in [0.2, 0.25) is 0 Å². The van der Waals surface area contributed by atoms with Crippen molar-refractivity contribution >= 4 is 5.78 Å². The number of ether oxygens (including phenoxy) is 1. The highest BCUT2D eigenvalue weighted by atomic mass is 16.5. The van der Waals surface area contributed by atoms with Crippen molar-refractivity contribution in [2.24, 2.45) is 0 Å². The van der Waals surface area contributed by atoms with Crippen LogP contribution < -0.4 is 4.74 Å². The zero-order valence-corrected chi connectivity index (χ0v) is 11.5. The molecule has 0 aromatic heterocycles. The number of hydrogen-bond acceptors (Lipinski definition) is 2. The third kappa shape index (κ3) is 3.29. The summed E-state index contributed by atoms with van der Waals surface area (Å²) < 4.78 is 5.74. The van der Waals surface area contributed by atoms with Gasteiger partial charge in [-0.3, -0.25) is 4.79 Å². The highest BCUT2D eigenvalue weighted by molar-refractivity contribution is 6.08. The number of rotatable bonds is 4. The van der Waals surface area contributed by atoms with Crippen LogP contribution >= 0.6 is 0 Å². The normalized spacial score (nSPS) is 13.6. The average Bonchev–Trinajstić information content (AvgIpc) is 2.57. The Balaban J connectivity index is 1.72. The molecule has 0 aliphatic heterocycles. The van der Waals surface area contributed by atoms with Crippen molar-refractivity contribution in [3.63, 3.8) is 0 Å². The van der Waals surface area contributed by atoms with Crippen molar-refractivity contribution in [1.29, 1.82) is 0 Å². The predicted octanol–water partition coefficient (Wildman–Crippen LogP) is 4.34. The SMILES string of the molecule is O=C(c1ccccc1)c1ccc(OC2=CCC=C[CH]2)cc1. The maximum atomic E-state index is 12.3. The van der Waals surface area contributed by atoms with Gasteiger partial charge in [0.1, 0.15) is 11.5 Å². The molecule has 0 bridgehead atoms. The Labute approximate surface area is 124 Å². The third-order valence-corrected chi connectivity index (χ3v) is 3.24. The number of hydrogen-bond donors (Lipinski definition) is 0. The molecule has 1 aliphatic carbocycles. The van der Waals surface area contributed by atoms with Gasteiger partial charge in [0.05, 0.1) is 0 Å². The van der Waals surface area contributed by atoms with Gasteiger partial charge < -0.3 is 4.74 Å². The summed E-state index contributed by atoms with van der Waals surface area (Å²) in [6.45, 7) is 0. The first kappa shape index (κ1) is 13.4. The minimum absolute atomic E-state index is 0.0218. The fraction of sp³-hybridized carbons (Fsp3) is 0.0526. The molecule has 0 atom stereocenters. The van der Waals surface area contributed by atoms with Crippen LogP contribution in [0.1, 0.15) is 22.3 Å². The smallest absolute Gasteiger partial charge is 0.193 e. The quantitative estimate of drug-likeness (QED) is 0.776. The molecule has 2 aromatic carbocycles. The number of allylic oxidation sites excluding steroid dienone is 3. The highest BCUT2D eigenvalue weighted by Crippen LogP contribution is 2.20.